The van der Waals surface area contributed by atoms with E-state index in [4.69, 9.17) is 0 Å². The predicted molar refractivity (Wildman–Crippen MR) is 124 cm³/mol. The Morgan fingerprint density at radius 3 is 2.00 bits per heavy atom. The number of thioether (sulfide) groups is 1. The number of nitrogens with zero attached hydrogens (tertiary/aromatic N) is 3. The molecule has 0 aliphatic heterocycles. The summed E-state index contributed by atoms with van der Waals surface area (Å²) in [7, 11) is 0. The summed E-state index contributed by atoms with van der Waals surface area (Å²) in [6.07, 6.45) is 1.64. The van der Waals surface area contributed by atoms with E-state index in [1.165, 1.54) is 11.8 Å². The molecule has 0 atom stereocenters. The van der Waals surface area contributed by atoms with Crippen molar-refractivity contribution >= 4 is 39.4 Å². The molecule has 2 aromatic heterocycles. The van der Waals surface area contributed by atoms with Gasteiger partial charge >= 0.3 is 0 Å². The van der Waals surface area contributed by atoms with Gasteiger partial charge in [-0.3, -0.25) is 4.79 Å². The van der Waals surface area contributed by atoms with Crippen LogP contribution in [0.2, 0.25) is 0 Å². The van der Waals surface area contributed by atoms with E-state index in [1.807, 2.05) is 72.8 Å². The lowest BCUT2D eigenvalue weighted by atomic mass is 10.1. The molecule has 1 N–H and O–H groups in total. The molecule has 0 unspecified atom stereocenters. The average Bonchev–Trinajstić information content (AvgIpc) is 2.80. The van der Waals surface area contributed by atoms with E-state index in [-0.39, 0.29) is 11.7 Å². The lowest BCUT2D eigenvalue weighted by molar-refractivity contribution is -0.113. The Kier molecular flexibility index (Phi) is 6.51. The summed E-state index contributed by atoms with van der Waals surface area (Å²) in [6.45, 7) is 0. The monoisotopic (exact) mass is 476 g/mol. The van der Waals surface area contributed by atoms with Crippen LogP contribution in [0.3, 0.4) is 0 Å². The molecule has 2 heterocycles. The third kappa shape index (κ3) is 5.31. The van der Waals surface area contributed by atoms with Gasteiger partial charge in [-0.05, 0) is 34.1 Å². The first-order chi connectivity index (χ1) is 14.7. The molecule has 0 saturated carbocycles. The highest BCUT2D eigenvalue weighted by Crippen LogP contribution is 2.27. The van der Waals surface area contributed by atoms with Crippen molar-refractivity contribution in [2.45, 2.75) is 5.16 Å². The summed E-state index contributed by atoms with van der Waals surface area (Å²) in [6, 6.07) is 25.4. The Bertz CT molecular complexity index is 1080. The van der Waals surface area contributed by atoms with Crippen LogP contribution in [0.1, 0.15) is 0 Å². The number of pyridine rings is 1. The highest BCUT2D eigenvalue weighted by atomic mass is 79.9. The maximum Gasteiger partial charge on any atom is 0.236 e. The van der Waals surface area contributed by atoms with Crippen LogP contribution >= 0.6 is 27.7 Å². The highest BCUT2D eigenvalue weighted by molar-refractivity contribution is 9.10. The maximum atomic E-state index is 12.3. The van der Waals surface area contributed by atoms with Crippen LogP contribution in [0.4, 0.5) is 5.82 Å². The molecule has 0 bridgehead atoms. The minimum Gasteiger partial charge on any atom is -0.310 e. The zero-order valence-electron chi connectivity index (χ0n) is 15.8. The molecule has 30 heavy (non-hydrogen) atoms. The molecule has 0 aliphatic carbocycles. The molecule has 7 heteroatoms. The van der Waals surface area contributed by atoms with Gasteiger partial charge in [-0.25, -0.2) is 15.0 Å². The van der Waals surface area contributed by atoms with Crippen LogP contribution in [-0.4, -0.2) is 26.6 Å². The van der Waals surface area contributed by atoms with Crippen molar-refractivity contribution in [1.29, 1.82) is 0 Å². The zero-order chi connectivity index (χ0) is 20.8. The number of carbonyl (C=O) groups is 1. The van der Waals surface area contributed by atoms with Crippen LogP contribution in [0, 0.1) is 0 Å². The molecule has 5 nitrogen and oxygen atoms in total. The van der Waals surface area contributed by atoms with Crippen molar-refractivity contribution in [3.8, 4) is 22.5 Å². The van der Waals surface area contributed by atoms with Crippen LogP contribution in [0.25, 0.3) is 22.5 Å². The first kappa shape index (κ1) is 20.3. The van der Waals surface area contributed by atoms with Gasteiger partial charge in [-0.1, -0.05) is 72.4 Å². The predicted octanol–water partition coefficient (Wildman–Crippen LogP) is 5.70. The van der Waals surface area contributed by atoms with Crippen molar-refractivity contribution in [3.63, 3.8) is 0 Å². The number of nitrogens with one attached hydrogen (secondary N) is 1. The number of carbonyl (C=O) groups excluding carboxylic acids is 1. The van der Waals surface area contributed by atoms with Crippen LogP contribution in [0.15, 0.2) is 94.7 Å². The normalized spacial score (nSPS) is 10.6. The van der Waals surface area contributed by atoms with Gasteiger partial charge in [-0.2, -0.15) is 0 Å². The quantitative estimate of drug-likeness (QED) is 0.285. The molecule has 1 amide bonds. The van der Waals surface area contributed by atoms with E-state index >= 15 is 0 Å². The van der Waals surface area contributed by atoms with Crippen LogP contribution < -0.4 is 5.32 Å². The Labute approximate surface area is 187 Å². The summed E-state index contributed by atoms with van der Waals surface area (Å²) >= 11 is 4.63. The van der Waals surface area contributed by atoms with Crippen molar-refractivity contribution < 1.29 is 4.79 Å². The minimum atomic E-state index is -0.162. The maximum absolute atomic E-state index is 12.3. The summed E-state index contributed by atoms with van der Waals surface area (Å²) in [5, 5.41) is 3.33. The smallest absolute Gasteiger partial charge is 0.236 e. The number of rotatable bonds is 6. The third-order valence-electron chi connectivity index (χ3n) is 4.17. The fourth-order valence-electron chi connectivity index (χ4n) is 2.76. The van der Waals surface area contributed by atoms with Gasteiger partial charge in [0.25, 0.3) is 0 Å². The number of anilines is 1. The fourth-order valence-corrected chi connectivity index (χ4v) is 3.65. The molecule has 148 valence electrons. The topological polar surface area (TPSA) is 67.8 Å². The Morgan fingerprint density at radius 2 is 1.47 bits per heavy atom. The first-order valence-electron chi connectivity index (χ1n) is 9.21. The van der Waals surface area contributed by atoms with E-state index in [1.54, 1.807) is 12.3 Å². The molecular formula is C23H17BrN4OS. The summed E-state index contributed by atoms with van der Waals surface area (Å²) in [5.74, 6) is 0.530. The van der Waals surface area contributed by atoms with Crippen molar-refractivity contribution in [2.24, 2.45) is 0 Å². The summed E-state index contributed by atoms with van der Waals surface area (Å²) in [5.41, 5.74) is 3.65. The number of hydrogen-bond donors (Lipinski definition) is 1. The van der Waals surface area contributed by atoms with Gasteiger partial charge in [0.15, 0.2) is 5.16 Å². The van der Waals surface area contributed by atoms with E-state index in [0.717, 1.165) is 27.0 Å². The van der Waals surface area contributed by atoms with Crippen molar-refractivity contribution in [2.75, 3.05) is 11.1 Å². The largest absolute Gasteiger partial charge is 0.310 e. The number of hydrogen-bond acceptors (Lipinski definition) is 5. The molecule has 0 aliphatic rings. The third-order valence-corrected chi connectivity index (χ3v) is 5.49. The number of aromatic nitrogens is 3. The molecular weight excluding hydrogens is 460 g/mol. The molecule has 0 fully saturated rings. The molecule has 0 saturated heterocycles. The minimum absolute atomic E-state index is 0.162. The number of halogens is 1. The van der Waals surface area contributed by atoms with Gasteiger partial charge in [0.2, 0.25) is 5.91 Å². The average molecular weight is 477 g/mol. The lowest BCUT2D eigenvalue weighted by Gasteiger charge is -2.09. The van der Waals surface area contributed by atoms with Gasteiger partial charge < -0.3 is 5.32 Å². The van der Waals surface area contributed by atoms with Gasteiger partial charge in [0.05, 0.1) is 17.1 Å². The Hall–Kier alpha value is -3.03. The second-order valence-electron chi connectivity index (χ2n) is 6.35. The molecule has 0 radical (unpaired) electrons. The van der Waals surface area contributed by atoms with E-state index in [2.05, 4.69) is 36.2 Å². The SMILES string of the molecule is O=C(CSc1nc(-c2ccccc2)cc(-c2ccccc2)n1)Nc1ccc(Br)cn1. The fraction of sp³-hybridized carbons (Fsp3) is 0.0435. The molecule has 4 aromatic rings. The molecule has 0 spiro atoms. The standard InChI is InChI=1S/C23H17BrN4OS/c24-18-11-12-21(25-14-18)28-22(29)15-30-23-26-19(16-7-3-1-4-8-16)13-20(27-23)17-9-5-2-6-10-17/h1-14H,15H2,(H,25,28,29). The van der Waals surface area contributed by atoms with E-state index < -0.39 is 0 Å². The Morgan fingerprint density at radius 1 is 0.867 bits per heavy atom. The molecule has 2 aromatic carbocycles. The van der Waals surface area contributed by atoms with Crippen LogP contribution in [0.5, 0.6) is 0 Å². The van der Waals surface area contributed by atoms with Gasteiger partial charge in [0.1, 0.15) is 5.82 Å². The summed E-state index contributed by atoms with van der Waals surface area (Å²) < 4.78 is 0.856. The second-order valence-corrected chi connectivity index (χ2v) is 8.21. The first-order valence-corrected chi connectivity index (χ1v) is 11.0. The van der Waals surface area contributed by atoms with E-state index in [9.17, 15) is 4.79 Å². The van der Waals surface area contributed by atoms with Gasteiger partial charge in [-0.15, -0.1) is 0 Å². The molecule has 4 rings (SSSR count). The van der Waals surface area contributed by atoms with Crippen LogP contribution in [-0.2, 0) is 4.79 Å². The van der Waals surface area contributed by atoms with Crippen molar-refractivity contribution in [1.82, 2.24) is 15.0 Å². The summed E-state index contributed by atoms with van der Waals surface area (Å²) in [4.78, 5) is 25.8. The van der Waals surface area contributed by atoms with E-state index in [0.29, 0.717) is 11.0 Å². The second kappa shape index (κ2) is 9.65. The Balaban J connectivity index is 1.56. The zero-order valence-corrected chi connectivity index (χ0v) is 18.2. The highest BCUT2D eigenvalue weighted by Gasteiger charge is 2.11. The lowest BCUT2D eigenvalue weighted by Crippen LogP contribution is -2.15. The number of benzene rings is 2. The number of amides is 1. The van der Waals surface area contributed by atoms with Gasteiger partial charge in [0, 0.05) is 21.8 Å². The van der Waals surface area contributed by atoms with Crippen molar-refractivity contribution in [3.05, 3.63) is 89.5 Å².